The summed E-state index contributed by atoms with van der Waals surface area (Å²) in [5.74, 6) is -4.62. The Kier molecular flexibility index (Phi) is 7.67. The van der Waals surface area contributed by atoms with E-state index in [0.717, 1.165) is 11.5 Å². The summed E-state index contributed by atoms with van der Waals surface area (Å²) in [5, 5.41) is 13.6. The van der Waals surface area contributed by atoms with E-state index in [9.17, 15) is 27.8 Å². The molecule has 0 radical (unpaired) electrons. The summed E-state index contributed by atoms with van der Waals surface area (Å²) in [6.45, 7) is 3.36. The average molecular weight is 513 g/mol. The third kappa shape index (κ3) is 5.65. The number of benzene rings is 2. The second-order valence-electron chi connectivity index (χ2n) is 7.96. The van der Waals surface area contributed by atoms with Gasteiger partial charge in [-0.2, -0.15) is 4.72 Å². The average Bonchev–Trinajstić information content (AvgIpc) is 3.24. The third-order valence-corrected chi connectivity index (χ3v) is 10.0. The van der Waals surface area contributed by atoms with Gasteiger partial charge in [-0.15, -0.1) is 5.10 Å². The topological polar surface area (TPSA) is 173 Å². The molecule has 0 saturated carbocycles. The predicted molar refractivity (Wildman–Crippen MR) is 126 cm³/mol. The molecule has 3 unspecified atom stereocenters. The molecule has 0 aliphatic rings. The van der Waals surface area contributed by atoms with E-state index in [1.807, 2.05) is 0 Å². The fourth-order valence-corrected chi connectivity index (χ4v) is 8.70. The minimum absolute atomic E-state index is 0.160. The van der Waals surface area contributed by atoms with Crippen LogP contribution in [0.15, 0.2) is 47.4 Å². The number of hydrogen-bond acceptors (Lipinski definition) is 8. The third-order valence-electron chi connectivity index (χ3n) is 5.20. The van der Waals surface area contributed by atoms with Gasteiger partial charge in [0.25, 0.3) is 0 Å². The van der Waals surface area contributed by atoms with Crippen molar-refractivity contribution in [3.63, 3.8) is 0 Å². The first-order valence-electron chi connectivity index (χ1n) is 10.0. The van der Waals surface area contributed by atoms with E-state index < -0.39 is 47.1 Å². The van der Waals surface area contributed by atoms with E-state index in [0.29, 0.717) is 15.8 Å². The lowest BCUT2D eigenvalue weighted by molar-refractivity contribution is -0.138. The first kappa shape index (κ1) is 25.4. The van der Waals surface area contributed by atoms with Gasteiger partial charge in [0.2, 0.25) is 17.4 Å². The molecule has 0 aliphatic heterocycles. The minimum Gasteiger partial charge on any atom is -0.481 e. The maximum Gasteiger partial charge on any atom is 0.311 e. The monoisotopic (exact) mass is 512 g/mol. The van der Waals surface area contributed by atoms with Crippen LogP contribution in [0.5, 0.6) is 0 Å². The molecule has 1 heterocycles. The van der Waals surface area contributed by atoms with Crippen LogP contribution in [0, 0.1) is 5.92 Å². The molecule has 0 aliphatic carbocycles. The van der Waals surface area contributed by atoms with Crippen LogP contribution in [0.4, 0.5) is 0 Å². The Morgan fingerprint density at radius 3 is 2.58 bits per heavy atom. The molecular weight excluding hydrogens is 487 g/mol. The molecule has 0 fully saturated rings. The Hall–Kier alpha value is -2.21. The highest BCUT2D eigenvalue weighted by Gasteiger charge is 2.41. The van der Waals surface area contributed by atoms with Crippen LogP contribution < -0.4 is 10.5 Å². The summed E-state index contributed by atoms with van der Waals surface area (Å²) in [7, 11) is -8.61. The predicted octanol–water partition coefficient (Wildman–Crippen LogP) is 2.55. The molecule has 0 saturated heterocycles. The van der Waals surface area contributed by atoms with Crippen LogP contribution in [-0.4, -0.2) is 45.9 Å². The molecule has 13 heteroatoms. The normalized spacial score (nSPS) is 15.9. The fourth-order valence-electron chi connectivity index (χ4n) is 3.54. The molecule has 33 heavy (non-hydrogen) atoms. The number of nitrogens with one attached hydrogen (secondary N) is 1. The summed E-state index contributed by atoms with van der Waals surface area (Å²) in [5.41, 5.74) is 6.79. The van der Waals surface area contributed by atoms with Crippen LogP contribution in [-0.2, 0) is 25.9 Å². The van der Waals surface area contributed by atoms with Gasteiger partial charge in [0.05, 0.1) is 10.6 Å². The zero-order valence-corrected chi connectivity index (χ0v) is 20.5. The van der Waals surface area contributed by atoms with Crippen LogP contribution in [0.1, 0.15) is 30.9 Å². The van der Waals surface area contributed by atoms with Gasteiger partial charge in [-0.1, -0.05) is 48.7 Å². The maximum atomic E-state index is 13.4. The van der Waals surface area contributed by atoms with Crippen molar-refractivity contribution in [3.05, 3.63) is 53.6 Å². The number of carbonyl (C=O) groups is 1. The zero-order chi connectivity index (χ0) is 24.4. The summed E-state index contributed by atoms with van der Waals surface area (Å²) in [6.07, 6.45) is -0.649. The van der Waals surface area contributed by atoms with Crippen LogP contribution in [0.2, 0.25) is 0 Å². The van der Waals surface area contributed by atoms with Gasteiger partial charge in [-0.05, 0) is 40.7 Å². The quantitative estimate of drug-likeness (QED) is 0.298. The Labute approximate surface area is 195 Å². The number of carboxylic acid groups (broad SMARTS) is 1. The van der Waals surface area contributed by atoms with Gasteiger partial charge < -0.3 is 15.7 Å². The Balaban J connectivity index is 1.95. The van der Waals surface area contributed by atoms with Crippen molar-refractivity contribution in [3.8, 4) is 0 Å². The number of aliphatic carboxylic acids is 1. The molecule has 3 atom stereocenters. The van der Waals surface area contributed by atoms with Crippen LogP contribution in [0.25, 0.3) is 10.2 Å². The summed E-state index contributed by atoms with van der Waals surface area (Å²) < 4.78 is 46.4. The Bertz CT molecular complexity index is 1310. The van der Waals surface area contributed by atoms with Crippen molar-refractivity contribution in [2.45, 2.75) is 37.0 Å². The highest BCUT2D eigenvalue weighted by Crippen LogP contribution is 2.51. The molecule has 0 spiro atoms. The van der Waals surface area contributed by atoms with Gasteiger partial charge in [0, 0.05) is 12.7 Å². The SMILES string of the molecule is CC(C)C(NS(=O)(=O)c1cccc2snnc12)P(=O)(O)CC(C(=O)O)c1cccc(CN)c1. The van der Waals surface area contributed by atoms with Gasteiger partial charge in [-0.25, -0.2) is 8.42 Å². The van der Waals surface area contributed by atoms with E-state index in [4.69, 9.17) is 5.73 Å². The molecule has 0 bridgehead atoms. The van der Waals surface area contributed by atoms with Gasteiger partial charge in [0.1, 0.15) is 16.2 Å². The minimum atomic E-state index is -4.36. The second kappa shape index (κ2) is 9.96. The number of sulfonamides is 1. The summed E-state index contributed by atoms with van der Waals surface area (Å²) >= 11 is 1.03. The van der Waals surface area contributed by atoms with Crippen LogP contribution >= 0.6 is 18.9 Å². The van der Waals surface area contributed by atoms with E-state index in [1.54, 1.807) is 44.2 Å². The largest absolute Gasteiger partial charge is 0.481 e. The standard InChI is InChI=1S/C20H25N4O6PS2/c1-12(2)19(23-33(29,30)17-8-4-7-16-18(17)22-24-32-16)31(27,28)11-15(20(25)26)14-6-3-5-13(9-14)10-21/h3-9,12,15,19,23H,10-11,21H2,1-2H3,(H,25,26)(H,27,28). The van der Waals surface area contributed by atoms with E-state index >= 15 is 0 Å². The number of fused-ring (bicyclic) bond motifs is 1. The van der Waals surface area contributed by atoms with Crippen molar-refractivity contribution >= 4 is 45.1 Å². The van der Waals surface area contributed by atoms with Gasteiger partial charge in [0.15, 0.2) is 0 Å². The first-order valence-corrected chi connectivity index (χ1v) is 14.2. The Morgan fingerprint density at radius 2 is 1.94 bits per heavy atom. The molecular formula is C20H25N4O6PS2. The smallest absolute Gasteiger partial charge is 0.311 e. The molecule has 1 aromatic heterocycles. The lowest BCUT2D eigenvalue weighted by Crippen LogP contribution is -2.39. The summed E-state index contributed by atoms with van der Waals surface area (Å²) in [4.78, 5) is 22.8. The highest BCUT2D eigenvalue weighted by molar-refractivity contribution is 7.90. The molecule has 5 N–H and O–H groups in total. The van der Waals surface area contributed by atoms with E-state index in [-0.39, 0.29) is 17.0 Å². The number of aromatic nitrogens is 2. The molecule has 0 amide bonds. The number of carboxylic acids is 1. The number of rotatable bonds is 10. The summed E-state index contributed by atoms with van der Waals surface area (Å²) in [6, 6.07) is 11.0. The first-order chi connectivity index (χ1) is 15.5. The zero-order valence-electron chi connectivity index (χ0n) is 18.0. The van der Waals surface area contributed by atoms with E-state index in [1.165, 1.54) is 12.1 Å². The highest BCUT2D eigenvalue weighted by atomic mass is 32.2. The molecule has 2 aromatic carbocycles. The number of nitrogens with two attached hydrogens (primary N) is 1. The molecule has 3 aromatic rings. The van der Waals surface area contributed by atoms with Crippen molar-refractivity contribution in [2.24, 2.45) is 11.7 Å². The van der Waals surface area contributed by atoms with Crippen molar-refractivity contribution in [2.75, 3.05) is 6.16 Å². The fraction of sp³-hybridized carbons (Fsp3) is 0.350. The van der Waals surface area contributed by atoms with E-state index in [2.05, 4.69) is 14.3 Å². The number of hydrogen-bond donors (Lipinski definition) is 4. The van der Waals surface area contributed by atoms with Crippen LogP contribution in [0.3, 0.4) is 0 Å². The Morgan fingerprint density at radius 1 is 1.24 bits per heavy atom. The lowest BCUT2D eigenvalue weighted by Gasteiger charge is -2.29. The van der Waals surface area contributed by atoms with Gasteiger partial charge >= 0.3 is 5.97 Å². The lowest BCUT2D eigenvalue weighted by atomic mass is 9.99. The maximum absolute atomic E-state index is 13.4. The molecule has 3 rings (SSSR count). The molecule has 10 nitrogen and oxygen atoms in total. The van der Waals surface area contributed by atoms with Crippen molar-refractivity contribution < 1.29 is 27.8 Å². The van der Waals surface area contributed by atoms with Gasteiger partial charge in [-0.3, -0.25) is 9.36 Å². The second-order valence-corrected chi connectivity index (χ2v) is 12.9. The number of nitrogens with zero attached hydrogens (tertiary/aromatic N) is 2. The molecule has 178 valence electrons. The van der Waals surface area contributed by atoms with Crippen molar-refractivity contribution in [1.82, 2.24) is 14.3 Å². The van der Waals surface area contributed by atoms with Crippen molar-refractivity contribution in [1.29, 1.82) is 0 Å².